The third-order valence-corrected chi connectivity index (χ3v) is 3.43. The molecule has 5 nitrogen and oxygen atoms in total. The van der Waals surface area contributed by atoms with E-state index in [1.165, 1.54) is 18.5 Å². The molecule has 1 heterocycles. The summed E-state index contributed by atoms with van der Waals surface area (Å²) in [4.78, 5) is 11.9. The first-order valence-corrected chi connectivity index (χ1v) is 7.38. The average Bonchev–Trinajstić information content (AvgIpc) is 3.24. The molecule has 0 atom stereocenters. The highest BCUT2D eigenvalue weighted by molar-refractivity contribution is 5.85. The fourth-order valence-corrected chi connectivity index (χ4v) is 2.32. The van der Waals surface area contributed by atoms with Gasteiger partial charge in [0.25, 0.3) is 0 Å². The summed E-state index contributed by atoms with van der Waals surface area (Å²) in [7, 11) is 0. The van der Waals surface area contributed by atoms with Crippen LogP contribution in [0, 0.1) is 0 Å². The van der Waals surface area contributed by atoms with E-state index in [-0.39, 0.29) is 0 Å². The van der Waals surface area contributed by atoms with E-state index in [4.69, 9.17) is 4.74 Å². The lowest BCUT2D eigenvalue weighted by Crippen LogP contribution is -2.17. The second-order valence-corrected chi connectivity index (χ2v) is 5.28. The molecule has 0 spiro atoms. The van der Waals surface area contributed by atoms with Crippen molar-refractivity contribution in [2.24, 2.45) is 0 Å². The Labute approximate surface area is 123 Å². The van der Waals surface area contributed by atoms with Crippen molar-refractivity contribution < 1.29 is 9.53 Å². The Morgan fingerprint density at radius 3 is 2.81 bits per heavy atom. The maximum absolute atomic E-state index is 11.9. The van der Waals surface area contributed by atoms with Crippen molar-refractivity contribution in [1.29, 1.82) is 0 Å². The summed E-state index contributed by atoms with van der Waals surface area (Å²) in [6, 6.07) is 11.0. The molecule has 1 aromatic carbocycles. The van der Waals surface area contributed by atoms with Gasteiger partial charge in [-0.05, 0) is 31.4 Å². The maximum atomic E-state index is 11.9. The number of hydrogen-bond acceptors (Lipinski definition) is 3. The molecule has 1 fully saturated rings. The third-order valence-electron chi connectivity index (χ3n) is 3.43. The van der Waals surface area contributed by atoms with Crippen LogP contribution in [0.15, 0.2) is 36.4 Å². The van der Waals surface area contributed by atoms with Crippen LogP contribution in [0.1, 0.15) is 37.8 Å². The number of anilines is 1. The molecule has 0 radical (unpaired) electrons. The Kier molecular flexibility index (Phi) is 3.90. The van der Waals surface area contributed by atoms with E-state index in [1.54, 1.807) is 12.1 Å². The normalized spacial score (nSPS) is 14.0. The summed E-state index contributed by atoms with van der Waals surface area (Å²) in [5.74, 6) is 1.68. The van der Waals surface area contributed by atoms with Crippen LogP contribution in [0.2, 0.25) is 0 Å². The predicted molar refractivity (Wildman–Crippen MR) is 80.6 cm³/mol. The maximum Gasteiger partial charge on any atom is 0.418 e. The van der Waals surface area contributed by atoms with Crippen LogP contribution in [-0.4, -0.2) is 15.9 Å². The zero-order valence-corrected chi connectivity index (χ0v) is 12.1. The van der Waals surface area contributed by atoms with Gasteiger partial charge >= 0.3 is 6.09 Å². The smallest absolute Gasteiger partial charge is 0.410 e. The number of hydrogen-bond donors (Lipinski definition) is 1. The topological polar surface area (TPSA) is 56.2 Å². The summed E-state index contributed by atoms with van der Waals surface area (Å²) < 4.78 is 7.20. The number of para-hydroxylation sites is 1. The quantitative estimate of drug-likeness (QED) is 0.909. The second kappa shape index (κ2) is 5.99. The molecule has 1 saturated carbocycles. The van der Waals surface area contributed by atoms with Gasteiger partial charge in [-0.1, -0.05) is 25.1 Å². The standard InChI is InChI=1S/C16H19N3O2/c1-2-10-19-14(12-8-9-12)11-15(18-19)17-16(20)21-13-6-4-3-5-7-13/h3-7,11-12H,2,8-10H2,1H3,(H,17,18,20). The number of rotatable bonds is 5. The van der Waals surface area contributed by atoms with Gasteiger partial charge < -0.3 is 4.74 Å². The highest BCUT2D eigenvalue weighted by atomic mass is 16.6. The molecule has 1 N–H and O–H groups in total. The second-order valence-electron chi connectivity index (χ2n) is 5.28. The highest BCUT2D eigenvalue weighted by Crippen LogP contribution is 2.40. The van der Waals surface area contributed by atoms with E-state index < -0.39 is 6.09 Å². The van der Waals surface area contributed by atoms with Crippen molar-refractivity contribution in [3.63, 3.8) is 0 Å². The first-order chi connectivity index (χ1) is 10.3. The SMILES string of the molecule is CCCn1nc(NC(=O)Oc2ccccc2)cc1C1CC1. The molecule has 110 valence electrons. The van der Waals surface area contributed by atoms with Crippen LogP contribution < -0.4 is 10.1 Å². The molecule has 21 heavy (non-hydrogen) atoms. The van der Waals surface area contributed by atoms with Gasteiger partial charge in [-0.15, -0.1) is 0 Å². The molecule has 2 aromatic rings. The number of nitrogens with one attached hydrogen (secondary N) is 1. The number of carbonyl (C=O) groups is 1. The number of aryl methyl sites for hydroxylation is 1. The Morgan fingerprint density at radius 2 is 2.14 bits per heavy atom. The van der Waals surface area contributed by atoms with Crippen LogP contribution in [0.3, 0.4) is 0 Å². The Balaban J connectivity index is 1.66. The minimum atomic E-state index is -0.510. The molecular weight excluding hydrogens is 266 g/mol. The van der Waals surface area contributed by atoms with E-state index in [1.807, 2.05) is 28.9 Å². The minimum absolute atomic E-state index is 0.510. The molecule has 5 heteroatoms. The van der Waals surface area contributed by atoms with Crippen LogP contribution >= 0.6 is 0 Å². The van der Waals surface area contributed by atoms with Gasteiger partial charge in [0.2, 0.25) is 0 Å². The minimum Gasteiger partial charge on any atom is -0.410 e. The molecule has 1 aromatic heterocycles. The van der Waals surface area contributed by atoms with Gasteiger partial charge in [0.15, 0.2) is 5.82 Å². The number of ether oxygens (including phenoxy) is 1. The fourth-order valence-electron chi connectivity index (χ4n) is 2.32. The zero-order valence-electron chi connectivity index (χ0n) is 12.1. The molecule has 3 rings (SSSR count). The van der Waals surface area contributed by atoms with Crippen molar-refractivity contribution >= 4 is 11.9 Å². The van der Waals surface area contributed by atoms with E-state index in [0.29, 0.717) is 17.5 Å². The van der Waals surface area contributed by atoms with E-state index in [2.05, 4.69) is 17.3 Å². The monoisotopic (exact) mass is 285 g/mol. The molecule has 0 bridgehead atoms. The summed E-state index contributed by atoms with van der Waals surface area (Å²) in [5, 5.41) is 7.15. The van der Waals surface area contributed by atoms with Crippen molar-refractivity contribution in [2.45, 2.75) is 38.6 Å². The summed E-state index contributed by atoms with van der Waals surface area (Å²) in [5.41, 5.74) is 1.21. The lowest BCUT2D eigenvalue weighted by molar-refractivity contribution is 0.215. The summed E-state index contributed by atoms with van der Waals surface area (Å²) >= 11 is 0. The van der Waals surface area contributed by atoms with Crippen molar-refractivity contribution in [3.05, 3.63) is 42.1 Å². The van der Waals surface area contributed by atoms with Crippen molar-refractivity contribution in [1.82, 2.24) is 9.78 Å². The lowest BCUT2D eigenvalue weighted by Gasteiger charge is -2.04. The van der Waals surface area contributed by atoms with Gasteiger partial charge in [-0.25, -0.2) is 4.79 Å². The molecule has 0 unspecified atom stereocenters. The highest BCUT2D eigenvalue weighted by Gasteiger charge is 2.28. The molecule has 1 aliphatic carbocycles. The summed E-state index contributed by atoms with van der Waals surface area (Å²) in [6.07, 6.45) is 2.94. The van der Waals surface area contributed by atoms with Gasteiger partial charge in [0, 0.05) is 24.2 Å². The van der Waals surface area contributed by atoms with Gasteiger partial charge in [-0.2, -0.15) is 5.10 Å². The Morgan fingerprint density at radius 1 is 1.38 bits per heavy atom. The molecule has 1 amide bonds. The van der Waals surface area contributed by atoms with Crippen LogP contribution in [0.25, 0.3) is 0 Å². The van der Waals surface area contributed by atoms with Crippen molar-refractivity contribution in [2.75, 3.05) is 5.32 Å². The molecular formula is C16H19N3O2. The molecule has 0 saturated heterocycles. The molecule has 1 aliphatic rings. The first-order valence-electron chi connectivity index (χ1n) is 7.38. The Bertz CT molecular complexity index is 618. The number of amides is 1. The van der Waals surface area contributed by atoms with Crippen molar-refractivity contribution in [3.8, 4) is 5.75 Å². The van der Waals surface area contributed by atoms with E-state index >= 15 is 0 Å². The Hall–Kier alpha value is -2.30. The lowest BCUT2D eigenvalue weighted by atomic mass is 10.3. The third kappa shape index (κ3) is 3.42. The van der Waals surface area contributed by atoms with Crippen LogP contribution in [0.4, 0.5) is 10.6 Å². The number of carbonyl (C=O) groups excluding carboxylic acids is 1. The van der Waals surface area contributed by atoms with Gasteiger partial charge in [-0.3, -0.25) is 10.00 Å². The number of benzene rings is 1. The van der Waals surface area contributed by atoms with E-state index in [9.17, 15) is 4.79 Å². The number of nitrogens with zero attached hydrogens (tertiary/aromatic N) is 2. The van der Waals surface area contributed by atoms with Crippen LogP contribution in [-0.2, 0) is 6.54 Å². The average molecular weight is 285 g/mol. The van der Waals surface area contributed by atoms with E-state index in [0.717, 1.165) is 13.0 Å². The largest absolute Gasteiger partial charge is 0.418 e. The van der Waals surface area contributed by atoms with Gasteiger partial charge in [0.05, 0.1) is 0 Å². The first kappa shape index (κ1) is 13.7. The zero-order chi connectivity index (χ0) is 14.7. The molecule has 0 aliphatic heterocycles. The van der Waals surface area contributed by atoms with Gasteiger partial charge in [0.1, 0.15) is 5.75 Å². The number of aromatic nitrogens is 2. The predicted octanol–water partition coefficient (Wildman–Crippen LogP) is 3.78. The fraction of sp³-hybridized carbons (Fsp3) is 0.375. The summed E-state index contributed by atoms with van der Waals surface area (Å²) in [6.45, 7) is 3.00. The van der Waals surface area contributed by atoms with Crippen LogP contribution in [0.5, 0.6) is 5.75 Å².